The van der Waals surface area contributed by atoms with E-state index in [1.54, 1.807) is 0 Å². The molecule has 118 valence electrons. The molecular weight excluding hydrogens is 291 g/mol. The highest BCUT2D eigenvalue weighted by molar-refractivity contribution is 7.89. The second kappa shape index (κ2) is 5.57. The normalized spacial score (nSPS) is 27.8. The Labute approximate surface area is 126 Å². The molecule has 0 amide bonds. The fourth-order valence-corrected chi connectivity index (χ4v) is 5.17. The van der Waals surface area contributed by atoms with Gasteiger partial charge in [0, 0.05) is 23.8 Å². The minimum absolute atomic E-state index is 0.0202. The second-order valence-corrected chi connectivity index (χ2v) is 8.12. The van der Waals surface area contributed by atoms with Crippen LogP contribution in [-0.2, 0) is 10.0 Å². The number of hydrogen-bond acceptors (Lipinski definition) is 3. The molecule has 0 radical (unpaired) electrons. The summed E-state index contributed by atoms with van der Waals surface area (Å²) in [5.41, 5.74) is 5.88. The monoisotopic (exact) mass is 314 g/mol. The maximum Gasteiger partial charge on any atom is 0.243 e. The van der Waals surface area contributed by atoms with Gasteiger partial charge in [0.05, 0.1) is 4.90 Å². The van der Waals surface area contributed by atoms with E-state index in [9.17, 15) is 12.8 Å². The molecule has 21 heavy (non-hydrogen) atoms. The van der Waals surface area contributed by atoms with Gasteiger partial charge in [-0.25, -0.2) is 12.8 Å². The molecule has 0 saturated carbocycles. The fourth-order valence-electron chi connectivity index (χ4n) is 3.05. The number of nitrogens with zero attached hydrogens (tertiary/aromatic N) is 1. The molecule has 2 N–H and O–H groups in total. The van der Waals surface area contributed by atoms with E-state index in [0.717, 1.165) is 12.5 Å². The maximum absolute atomic E-state index is 13.8. The molecular formula is C15H23FN2O2S. The van der Waals surface area contributed by atoms with Crippen LogP contribution >= 0.6 is 0 Å². The zero-order valence-electron chi connectivity index (χ0n) is 12.9. The van der Waals surface area contributed by atoms with E-state index in [4.69, 9.17) is 5.73 Å². The van der Waals surface area contributed by atoms with Gasteiger partial charge >= 0.3 is 0 Å². The zero-order chi connectivity index (χ0) is 15.9. The van der Waals surface area contributed by atoms with Crippen molar-refractivity contribution in [1.82, 2.24) is 4.31 Å². The minimum Gasteiger partial charge on any atom is -0.399 e. The molecule has 2 rings (SSSR count). The van der Waals surface area contributed by atoms with Gasteiger partial charge in [0.1, 0.15) is 5.82 Å². The summed E-state index contributed by atoms with van der Waals surface area (Å²) in [6.45, 7) is 7.94. The first-order chi connectivity index (χ1) is 9.64. The summed E-state index contributed by atoms with van der Waals surface area (Å²) in [6, 6.07) is 2.40. The lowest BCUT2D eigenvalue weighted by molar-refractivity contribution is 0.157. The largest absolute Gasteiger partial charge is 0.399 e. The van der Waals surface area contributed by atoms with Gasteiger partial charge in [-0.05, 0) is 44.2 Å². The van der Waals surface area contributed by atoms with Crippen LogP contribution in [0.15, 0.2) is 17.0 Å². The number of rotatable bonds is 2. The van der Waals surface area contributed by atoms with Gasteiger partial charge < -0.3 is 5.73 Å². The van der Waals surface area contributed by atoms with Crippen molar-refractivity contribution >= 4 is 15.7 Å². The SMILES string of the molecule is Cc1c(F)cc(N)cc1S(=O)(=O)N1CC(C)CC(C)C1C. The van der Waals surface area contributed by atoms with E-state index in [2.05, 4.69) is 6.92 Å². The molecule has 1 aromatic carbocycles. The van der Waals surface area contributed by atoms with Crippen LogP contribution in [0.4, 0.5) is 10.1 Å². The lowest BCUT2D eigenvalue weighted by atomic mass is 9.88. The highest BCUT2D eigenvalue weighted by atomic mass is 32.2. The lowest BCUT2D eigenvalue weighted by Crippen LogP contribution is -2.48. The van der Waals surface area contributed by atoms with Gasteiger partial charge in [-0.3, -0.25) is 0 Å². The summed E-state index contributed by atoms with van der Waals surface area (Å²) in [5, 5.41) is 0. The predicted octanol–water partition coefficient (Wildman–Crippen LogP) is 2.77. The Balaban J connectivity index is 2.51. The number of nitrogen functional groups attached to an aromatic ring is 1. The first-order valence-corrected chi connectivity index (χ1v) is 8.66. The number of anilines is 1. The Morgan fingerprint density at radius 1 is 1.29 bits per heavy atom. The number of nitrogens with two attached hydrogens (primary N) is 1. The van der Waals surface area contributed by atoms with E-state index in [1.807, 2.05) is 13.8 Å². The third kappa shape index (κ3) is 2.92. The maximum atomic E-state index is 13.8. The van der Waals surface area contributed by atoms with Gasteiger partial charge in [0.25, 0.3) is 0 Å². The summed E-state index contributed by atoms with van der Waals surface area (Å²) in [6.07, 6.45) is 0.997. The van der Waals surface area contributed by atoms with Crippen LogP contribution in [0.25, 0.3) is 0 Å². The van der Waals surface area contributed by atoms with Crippen molar-refractivity contribution in [3.05, 3.63) is 23.5 Å². The Bertz CT molecular complexity index is 645. The van der Waals surface area contributed by atoms with Crippen molar-refractivity contribution in [2.45, 2.75) is 45.1 Å². The summed E-state index contributed by atoms with van der Waals surface area (Å²) in [4.78, 5) is -0.0202. The fraction of sp³-hybridized carbons (Fsp3) is 0.600. The average Bonchev–Trinajstić information content (AvgIpc) is 2.37. The van der Waals surface area contributed by atoms with Crippen LogP contribution in [0.1, 0.15) is 32.8 Å². The molecule has 0 aliphatic carbocycles. The Kier molecular flexibility index (Phi) is 4.31. The third-order valence-electron chi connectivity index (χ3n) is 4.45. The van der Waals surface area contributed by atoms with Gasteiger partial charge in [0.2, 0.25) is 10.0 Å². The van der Waals surface area contributed by atoms with Gasteiger partial charge in [-0.1, -0.05) is 13.8 Å². The molecule has 3 atom stereocenters. The highest BCUT2D eigenvalue weighted by Gasteiger charge is 2.38. The lowest BCUT2D eigenvalue weighted by Gasteiger charge is -2.40. The van der Waals surface area contributed by atoms with Crippen LogP contribution in [0.3, 0.4) is 0 Å². The summed E-state index contributed by atoms with van der Waals surface area (Å²) < 4.78 is 41.2. The smallest absolute Gasteiger partial charge is 0.243 e. The number of sulfonamides is 1. The predicted molar refractivity (Wildman–Crippen MR) is 81.8 cm³/mol. The van der Waals surface area contributed by atoms with Gasteiger partial charge in [-0.15, -0.1) is 0 Å². The van der Waals surface area contributed by atoms with Crippen LogP contribution in [0, 0.1) is 24.6 Å². The second-order valence-electron chi connectivity index (χ2n) is 6.26. The van der Waals surface area contributed by atoms with Crippen molar-refractivity contribution in [2.75, 3.05) is 12.3 Å². The molecule has 0 spiro atoms. The van der Waals surface area contributed by atoms with E-state index < -0.39 is 15.8 Å². The van der Waals surface area contributed by atoms with E-state index in [0.29, 0.717) is 6.54 Å². The van der Waals surface area contributed by atoms with Crippen molar-refractivity contribution in [3.8, 4) is 0 Å². The Morgan fingerprint density at radius 2 is 1.90 bits per heavy atom. The molecule has 4 nitrogen and oxygen atoms in total. The van der Waals surface area contributed by atoms with Gasteiger partial charge in [0.15, 0.2) is 0 Å². The highest BCUT2D eigenvalue weighted by Crippen LogP contribution is 2.33. The van der Waals surface area contributed by atoms with Crippen molar-refractivity contribution < 1.29 is 12.8 Å². The first-order valence-electron chi connectivity index (χ1n) is 7.22. The molecule has 1 saturated heterocycles. The van der Waals surface area contributed by atoms with Crippen molar-refractivity contribution in [1.29, 1.82) is 0 Å². The van der Waals surface area contributed by atoms with Crippen LogP contribution in [0.2, 0.25) is 0 Å². The summed E-state index contributed by atoms with van der Waals surface area (Å²) in [7, 11) is -3.74. The number of benzene rings is 1. The molecule has 1 aromatic rings. The van der Waals surface area contributed by atoms with Crippen LogP contribution < -0.4 is 5.73 Å². The minimum atomic E-state index is -3.74. The quantitative estimate of drug-likeness (QED) is 0.854. The third-order valence-corrected chi connectivity index (χ3v) is 6.53. The van der Waals surface area contributed by atoms with E-state index >= 15 is 0 Å². The standard InChI is InChI=1S/C15H23FN2O2S/c1-9-5-10(2)12(4)18(8-9)21(19,20)15-7-13(17)6-14(16)11(15)3/h6-7,9-10,12H,5,8,17H2,1-4H3. The summed E-state index contributed by atoms with van der Waals surface area (Å²) >= 11 is 0. The van der Waals surface area contributed by atoms with E-state index in [-0.39, 0.29) is 34.0 Å². The average molecular weight is 314 g/mol. The van der Waals surface area contributed by atoms with Crippen molar-refractivity contribution in [2.24, 2.45) is 11.8 Å². The molecule has 1 heterocycles. The molecule has 0 bridgehead atoms. The molecule has 6 heteroatoms. The van der Waals surface area contributed by atoms with Gasteiger partial charge in [-0.2, -0.15) is 4.31 Å². The van der Waals surface area contributed by atoms with Crippen LogP contribution in [-0.4, -0.2) is 25.3 Å². The first kappa shape index (κ1) is 16.2. The summed E-state index contributed by atoms with van der Waals surface area (Å²) in [5.74, 6) is -0.0220. The topological polar surface area (TPSA) is 63.4 Å². The molecule has 1 aliphatic heterocycles. The van der Waals surface area contributed by atoms with Crippen LogP contribution in [0.5, 0.6) is 0 Å². The molecule has 1 fully saturated rings. The number of hydrogen-bond donors (Lipinski definition) is 1. The van der Waals surface area contributed by atoms with E-state index in [1.165, 1.54) is 17.3 Å². The van der Waals surface area contributed by atoms with Crippen molar-refractivity contribution in [3.63, 3.8) is 0 Å². The Morgan fingerprint density at radius 3 is 2.52 bits per heavy atom. The Hall–Kier alpha value is -1.14. The number of halogens is 1. The molecule has 0 aromatic heterocycles. The zero-order valence-corrected chi connectivity index (χ0v) is 13.7. The molecule has 1 aliphatic rings. The molecule has 3 unspecified atom stereocenters. The number of piperidine rings is 1.